The number of hydrogen-bond donors (Lipinski definition) is 1. The second-order valence-corrected chi connectivity index (χ2v) is 12.1. The molecule has 1 aliphatic carbocycles. The lowest BCUT2D eigenvalue weighted by Gasteiger charge is -2.15. The summed E-state index contributed by atoms with van der Waals surface area (Å²) in [5, 5.41) is 10.4. The molecular weight excluding hydrogens is 502 g/mol. The molecule has 0 fully saturated rings. The molecule has 0 unspecified atom stereocenters. The Balaban J connectivity index is 1.38. The summed E-state index contributed by atoms with van der Waals surface area (Å²) in [5.41, 5.74) is 5.36. The lowest BCUT2D eigenvalue weighted by Crippen LogP contribution is -2.28. The van der Waals surface area contributed by atoms with Crippen molar-refractivity contribution in [3.05, 3.63) is 95.2 Å². The largest absolute Gasteiger partial charge is 0.490 e. The highest BCUT2D eigenvalue weighted by Crippen LogP contribution is 2.41. The van der Waals surface area contributed by atoms with Gasteiger partial charge in [0.15, 0.2) is 0 Å². The number of sulfonamides is 1. The van der Waals surface area contributed by atoms with E-state index in [-0.39, 0.29) is 17.9 Å². The molecule has 1 N–H and O–H groups in total. The number of nitrogens with zero attached hydrogens (tertiary/aromatic N) is 2. The topological polar surface area (TPSA) is 92.1 Å². The van der Waals surface area contributed by atoms with E-state index in [1.807, 2.05) is 80.7 Å². The first-order valence-corrected chi connectivity index (χ1v) is 14.6. The standard InChI is InChI=1S/C29H27N3O3S2/c1-19(2)35-27-14-11-21(15-22(27)16-30)29-31-17-28(36-29)25-10-6-9-24-23(25)12-13-26(24)32-37(33,34)18-20-7-4-3-5-8-20/h3-11,14-15,17,19,26,32H,12-13,18H2,1-2H3/t26-/m1/s1. The Kier molecular flexibility index (Phi) is 7.11. The van der Waals surface area contributed by atoms with E-state index in [9.17, 15) is 13.7 Å². The fourth-order valence-electron chi connectivity index (χ4n) is 4.70. The highest BCUT2D eigenvalue weighted by atomic mass is 32.2. The Morgan fingerprint density at radius 2 is 1.95 bits per heavy atom. The van der Waals surface area contributed by atoms with E-state index in [1.165, 1.54) is 0 Å². The number of rotatable bonds is 8. The molecule has 6 nitrogen and oxygen atoms in total. The molecule has 0 amide bonds. The molecule has 0 radical (unpaired) electrons. The van der Waals surface area contributed by atoms with E-state index < -0.39 is 10.0 Å². The molecular formula is C29H27N3O3S2. The quantitative estimate of drug-likeness (QED) is 0.292. The molecule has 0 bridgehead atoms. The van der Waals surface area contributed by atoms with Crippen molar-refractivity contribution in [2.45, 2.75) is 44.6 Å². The fraction of sp³-hybridized carbons (Fsp3) is 0.241. The number of fused-ring (bicyclic) bond motifs is 1. The van der Waals surface area contributed by atoms with Crippen LogP contribution in [0.25, 0.3) is 21.0 Å². The van der Waals surface area contributed by atoms with Crippen LogP contribution in [0.1, 0.15) is 48.6 Å². The molecule has 1 heterocycles. The maximum absolute atomic E-state index is 12.9. The first kappa shape index (κ1) is 25.2. The van der Waals surface area contributed by atoms with Gasteiger partial charge in [-0.2, -0.15) is 5.26 Å². The van der Waals surface area contributed by atoms with E-state index in [0.29, 0.717) is 11.3 Å². The van der Waals surface area contributed by atoms with Crippen molar-refractivity contribution in [2.24, 2.45) is 0 Å². The molecule has 188 valence electrons. The maximum Gasteiger partial charge on any atom is 0.216 e. The van der Waals surface area contributed by atoms with Gasteiger partial charge in [0.2, 0.25) is 10.0 Å². The first-order chi connectivity index (χ1) is 17.8. The Morgan fingerprint density at radius 3 is 2.70 bits per heavy atom. The molecule has 1 aliphatic rings. The van der Waals surface area contributed by atoms with Gasteiger partial charge in [-0.05, 0) is 67.1 Å². The van der Waals surface area contributed by atoms with Crippen LogP contribution in [0.15, 0.2) is 72.9 Å². The molecule has 37 heavy (non-hydrogen) atoms. The molecule has 0 saturated heterocycles. The van der Waals surface area contributed by atoms with Crippen LogP contribution in [0.4, 0.5) is 0 Å². The lowest BCUT2D eigenvalue weighted by atomic mass is 10.0. The van der Waals surface area contributed by atoms with Gasteiger partial charge in [-0.25, -0.2) is 18.1 Å². The van der Waals surface area contributed by atoms with Gasteiger partial charge >= 0.3 is 0 Å². The average molecular weight is 530 g/mol. The van der Waals surface area contributed by atoms with Crippen LogP contribution < -0.4 is 9.46 Å². The van der Waals surface area contributed by atoms with Gasteiger partial charge < -0.3 is 4.74 Å². The van der Waals surface area contributed by atoms with Crippen molar-refractivity contribution in [1.82, 2.24) is 9.71 Å². The van der Waals surface area contributed by atoms with Crippen molar-refractivity contribution >= 4 is 21.4 Å². The van der Waals surface area contributed by atoms with Crippen LogP contribution in [-0.2, 0) is 22.2 Å². The Morgan fingerprint density at radius 1 is 1.14 bits per heavy atom. The predicted octanol–water partition coefficient (Wildman–Crippen LogP) is 6.24. The van der Waals surface area contributed by atoms with Gasteiger partial charge in [-0.1, -0.05) is 48.5 Å². The number of aromatic nitrogens is 1. The smallest absolute Gasteiger partial charge is 0.216 e. The SMILES string of the molecule is CC(C)Oc1ccc(-c2ncc(-c3cccc4c3CC[C@H]4NS(=O)(=O)Cc3ccccc3)s2)cc1C#N. The Labute approximate surface area is 221 Å². The summed E-state index contributed by atoms with van der Waals surface area (Å²) in [7, 11) is -3.48. The van der Waals surface area contributed by atoms with Gasteiger partial charge in [0.1, 0.15) is 16.8 Å². The zero-order valence-electron chi connectivity index (χ0n) is 20.6. The van der Waals surface area contributed by atoms with Gasteiger partial charge in [0.25, 0.3) is 0 Å². The van der Waals surface area contributed by atoms with Crippen LogP contribution in [0.2, 0.25) is 0 Å². The van der Waals surface area contributed by atoms with Crippen molar-refractivity contribution < 1.29 is 13.2 Å². The second kappa shape index (κ2) is 10.5. The van der Waals surface area contributed by atoms with E-state index in [1.54, 1.807) is 11.3 Å². The van der Waals surface area contributed by atoms with Crippen molar-refractivity contribution in [3.63, 3.8) is 0 Å². The zero-order valence-corrected chi connectivity index (χ0v) is 22.3. The average Bonchev–Trinajstić information content (AvgIpc) is 3.52. The van der Waals surface area contributed by atoms with Crippen molar-refractivity contribution in [1.29, 1.82) is 5.26 Å². The van der Waals surface area contributed by atoms with E-state index in [0.717, 1.165) is 50.5 Å². The number of benzene rings is 3. The zero-order chi connectivity index (χ0) is 26.0. The molecule has 8 heteroatoms. The van der Waals surface area contributed by atoms with E-state index in [4.69, 9.17) is 4.74 Å². The minimum absolute atomic E-state index is 0.0174. The van der Waals surface area contributed by atoms with Crippen LogP contribution in [0, 0.1) is 11.3 Å². The fourth-order valence-corrected chi connectivity index (χ4v) is 7.06. The van der Waals surface area contributed by atoms with Crippen molar-refractivity contribution in [3.8, 4) is 32.8 Å². The lowest BCUT2D eigenvalue weighted by molar-refractivity contribution is 0.242. The predicted molar refractivity (Wildman–Crippen MR) is 147 cm³/mol. The summed E-state index contributed by atoms with van der Waals surface area (Å²) < 4.78 is 34.4. The normalized spacial score (nSPS) is 14.9. The molecule has 1 aromatic heterocycles. The first-order valence-electron chi connectivity index (χ1n) is 12.2. The summed E-state index contributed by atoms with van der Waals surface area (Å²) in [4.78, 5) is 5.65. The molecule has 1 atom stereocenters. The summed E-state index contributed by atoms with van der Waals surface area (Å²) >= 11 is 1.56. The number of nitrogens with one attached hydrogen (secondary N) is 1. The van der Waals surface area contributed by atoms with Gasteiger partial charge in [-0.15, -0.1) is 11.3 Å². The Bertz CT molecular complexity index is 1570. The molecule has 5 rings (SSSR count). The van der Waals surface area contributed by atoms with E-state index in [2.05, 4.69) is 21.8 Å². The summed E-state index contributed by atoms with van der Waals surface area (Å²) in [5.74, 6) is 0.531. The molecule has 3 aromatic carbocycles. The van der Waals surface area contributed by atoms with Crippen LogP contribution >= 0.6 is 11.3 Å². The number of nitriles is 1. The van der Waals surface area contributed by atoms with E-state index >= 15 is 0 Å². The highest BCUT2D eigenvalue weighted by molar-refractivity contribution is 7.88. The molecule has 0 saturated carbocycles. The molecule has 0 aliphatic heterocycles. The highest BCUT2D eigenvalue weighted by Gasteiger charge is 2.29. The van der Waals surface area contributed by atoms with Gasteiger partial charge in [0, 0.05) is 17.8 Å². The van der Waals surface area contributed by atoms with Crippen LogP contribution in [0.3, 0.4) is 0 Å². The van der Waals surface area contributed by atoms with Crippen LogP contribution in [-0.4, -0.2) is 19.5 Å². The van der Waals surface area contributed by atoms with Crippen molar-refractivity contribution in [2.75, 3.05) is 0 Å². The summed E-state index contributed by atoms with van der Waals surface area (Å²) in [6, 6.07) is 22.8. The monoisotopic (exact) mass is 529 g/mol. The number of ether oxygens (including phenoxy) is 1. The van der Waals surface area contributed by atoms with Crippen LogP contribution in [0.5, 0.6) is 5.75 Å². The number of hydrogen-bond acceptors (Lipinski definition) is 6. The minimum Gasteiger partial charge on any atom is -0.490 e. The second-order valence-electron chi connectivity index (χ2n) is 9.35. The molecule has 4 aromatic rings. The van der Waals surface area contributed by atoms with Gasteiger partial charge in [0.05, 0.1) is 22.3 Å². The summed E-state index contributed by atoms with van der Waals surface area (Å²) in [6.07, 6.45) is 3.34. The third kappa shape index (κ3) is 5.59. The molecule has 0 spiro atoms. The third-order valence-electron chi connectivity index (χ3n) is 6.27. The summed E-state index contributed by atoms with van der Waals surface area (Å²) in [6.45, 7) is 3.86. The van der Waals surface area contributed by atoms with Gasteiger partial charge in [-0.3, -0.25) is 0 Å². The number of thiazole rings is 1. The third-order valence-corrected chi connectivity index (χ3v) is 8.71. The Hall–Kier alpha value is -3.51. The maximum atomic E-state index is 12.9. The minimum atomic E-state index is -3.48.